The van der Waals surface area contributed by atoms with Gasteiger partial charge in [-0.3, -0.25) is 9.69 Å². The Balaban J connectivity index is 1.50. The normalized spacial score (nSPS) is 21.0. The number of hydrogen-bond donors (Lipinski definition) is 2. The molecule has 156 valence electrons. The number of nitrogens with one attached hydrogen (secondary N) is 2. The highest BCUT2D eigenvalue weighted by atomic mass is 19.4. The van der Waals surface area contributed by atoms with Crippen molar-refractivity contribution in [1.29, 1.82) is 0 Å². The number of aromatic amines is 1. The molecule has 1 aliphatic heterocycles. The second kappa shape index (κ2) is 8.18. The average Bonchev–Trinajstić information content (AvgIpc) is 3.15. The molecule has 0 saturated heterocycles. The van der Waals surface area contributed by atoms with E-state index in [2.05, 4.69) is 15.3 Å². The van der Waals surface area contributed by atoms with Gasteiger partial charge in [0, 0.05) is 25.6 Å². The Kier molecular flexibility index (Phi) is 5.63. The molecule has 1 aliphatic carbocycles. The second-order valence-electron chi connectivity index (χ2n) is 7.99. The molecule has 1 aromatic carbocycles. The van der Waals surface area contributed by atoms with E-state index < -0.39 is 11.7 Å². The molecule has 0 radical (unpaired) electrons. The van der Waals surface area contributed by atoms with Crippen molar-refractivity contribution >= 4 is 5.91 Å². The smallest absolute Gasteiger partial charge is 0.352 e. The van der Waals surface area contributed by atoms with E-state index in [1.54, 1.807) is 6.33 Å². The lowest BCUT2D eigenvalue weighted by Gasteiger charge is -2.35. The lowest BCUT2D eigenvalue weighted by molar-refractivity contribution is -0.137. The zero-order valence-electron chi connectivity index (χ0n) is 16.1. The van der Waals surface area contributed by atoms with E-state index in [4.69, 9.17) is 0 Å². The number of H-pyrrole nitrogens is 1. The Bertz CT molecular complexity index is 840. The standard InChI is InChI=1S/C21H25F3N4O/c22-21(23,24)15-8-6-14(7-9-15)11-28-12-18-17(25-13-26-18)10-19(28)20(29)27-16-4-2-1-3-5-16/h6-9,13,16,19H,1-5,10-12H2,(H,25,26)(H,27,29)/t19-/m0/s1. The van der Waals surface area contributed by atoms with Crippen molar-refractivity contribution < 1.29 is 18.0 Å². The SMILES string of the molecule is O=C(NC1CCCCC1)[C@@H]1Cc2nc[nH]c2CN1Cc1ccc(C(F)(F)F)cc1. The number of carbonyl (C=O) groups is 1. The van der Waals surface area contributed by atoms with Gasteiger partial charge in [-0.15, -0.1) is 0 Å². The lowest BCUT2D eigenvalue weighted by atomic mass is 9.94. The van der Waals surface area contributed by atoms with Crippen LogP contribution in [0.4, 0.5) is 13.2 Å². The van der Waals surface area contributed by atoms with Gasteiger partial charge in [0.1, 0.15) is 0 Å². The van der Waals surface area contributed by atoms with Gasteiger partial charge in [0.25, 0.3) is 0 Å². The first kappa shape index (κ1) is 19.9. The highest BCUT2D eigenvalue weighted by molar-refractivity contribution is 5.82. The van der Waals surface area contributed by atoms with Crippen LogP contribution in [0, 0.1) is 0 Å². The Morgan fingerprint density at radius 2 is 1.90 bits per heavy atom. The summed E-state index contributed by atoms with van der Waals surface area (Å²) in [6.07, 6.45) is 3.27. The van der Waals surface area contributed by atoms with Gasteiger partial charge in [-0.25, -0.2) is 4.98 Å². The summed E-state index contributed by atoms with van der Waals surface area (Å²) in [5.74, 6) is -0.0162. The number of halogens is 3. The van der Waals surface area contributed by atoms with Crippen LogP contribution in [0.25, 0.3) is 0 Å². The number of fused-ring (bicyclic) bond motifs is 1. The van der Waals surface area contributed by atoms with Gasteiger partial charge in [0.15, 0.2) is 0 Å². The van der Waals surface area contributed by atoms with Crippen molar-refractivity contribution in [2.24, 2.45) is 0 Å². The number of amides is 1. The molecule has 1 saturated carbocycles. The topological polar surface area (TPSA) is 61.0 Å². The van der Waals surface area contributed by atoms with E-state index in [1.165, 1.54) is 18.6 Å². The molecule has 1 aromatic heterocycles. The molecule has 8 heteroatoms. The van der Waals surface area contributed by atoms with Crippen molar-refractivity contribution in [3.63, 3.8) is 0 Å². The van der Waals surface area contributed by atoms with E-state index in [9.17, 15) is 18.0 Å². The highest BCUT2D eigenvalue weighted by Gasteiger charge is 2.34. The van der Waals surface area contributed by atoms with Crippen molar-refractivity contribution in [1.82, 2.24) is 20.2 Å². The predicted molar refractivity (Wildman–Crippen MR) is 102 cm³/mol. The van der Waals surface area contributed by atoms with Crippen LogP contribution in [-0.4, -0.2) is 32.9 Å². The van der Waals surface area contributed by atoms with E-state index in [-0.39, 0.29) is 18.0 Å². The molecule has 2 aromatic rings. The molecule has 1 amide bonds. The van der Waals surface area contributed by atoms with E-state index in [0.717, 1.165) is 54.8 Å². The Morgan fingerprint density at radius 1 is 1.17 bits per heavy atom. The minimum absolute atomic E-state index is 0.0162. The molecule has 2 aliphatic rings. The lowest BCUT2D eigenvalue weighted by Crippen LogP contribution is -2.52. The summed E-state index contributed by atoms with van der Waals surface area (Å²) in [5, 5.41) is 3.19. The third-order valence-electron chi connectivity index (χ3n) is 5.92. The molecule has 2 N–H and O–H groups in total. The van der Waals surface area contributed by atoms with Gasteiger partial charge in [0.05, 0.1) is 29.3 Å². The van der Waals surface area contributed by atoms with Crippen LogP contribution < -0.4 is 5.32 Å². The number of aromatic nitrogens is 2. The highest BCUT2D eigenvalue weighted by Crippen LogP contribution is 2.30. The van der Waals surface area contributed by atoms with E-state index >= 15 is 0 Å². The fraction of sp³-hybridized carbons (Fsp3) is 0.524. The molecule has 2 heterocycles. The molecule has 0 spiro atoms. The maximum atomic E-state index is 13.0. The summed E-state index contributed by atoms with van der Waals surface area (Å²) >= 11 is 0. The molecule has 0 bridgehead atoms. The molecule has 1 atom stereocenters. The van der Waals surface area contributed by atoms with E-state index in [0.29, 0.717) is 19.5 Å². The van der Waals surface area contributed by atoms with Gasteiger partial charge in [-0.05, 0) is 30.5 Å². The first-order valence-corrected chi connectivity index (χ1v) is 10.1. The summed E-state index contributed by atoms with van der Waals surface area (Å²) in [5.41, 5.74) is 1.93. The number of rotatable bonds is 4. The van der Waals surface area contributed by atoms with Gasteiger partial charge in [-0.2, -0.15) is 13.2 Å². The van der Waals surface area contributed by atoms with Crippen LogP contribution >= 0.6 is 0 Å². The average molecular weight is 406 g/mol. The Labute approximate surface area is 167 Å². The van der Waals surface area contributed by atoms with Gasteiger partial charge in [0.2, 0.25) is 5.91 Å². The van der Waals surface area contributed by atoms with Crippen LogP contribution in [-0.2, 0) is 30.5 Å². The van der Waals surface area contributed by atoms with Crippen molar-refractivity contribution in [3.8, 4) is 0 Å². The Morgan fingerprint density at radius 3 is 2.59 bits per heavy atom. The molecular formula is C21H25F3N4O. The van der Waals surface area contributed by atoms with Crippen LogP contribution in [0.3, 0.4) is 0 Å². The summed E-state index contributed by atoms with van der Waals surface area (Å²) < 4.78 is 38.5. The maximum absolute atomic E-state index is 13.0. The summed E-state index contributed by atoms with van der Waals surface area (Å²) in [7, 11) is 0. The fourth-order valence-corrected chi connectivity index (χ4v) is 4.29. The molecule has 0 unspecified atom stereocenters. The second-order valence-corrected chi connectivity index (χ2v) is 7.99. The maximum Gasteiger partial charge on any atom is 0.416 e. The summed E-state index contributed by atoms with van der Waals surface area (Å²) in [6.45, 7) is 0.915. The van der Waals surface area contributed by atoms with Crippen LogP contribution in [0.1, 0.15) is 54.6 Å². The largest absolute Gasteiger partial charge is 0.416 e. The molecule has 29 heavy (non-hydrogen) atoms. The van der Waals surface area contributed by atoms with Gasteiger partial charge >= 0.3 is 6.18 Å². The van der Waals surface area contributed by atoms with Crippen molar-refractivity contribution in [2.75, 3.05) is 0 Å². The number of hydrogen-bond acceptors (Lipinski definition) is 3. The van der Waals surface area contributed by atoms with Crippen LogP contribution in [0.15, 0.2) is 30.6 Å². The first-order chi connectivity index (χ1) is 13.9. The van der Waals surface area contributed by atoms with Crippen molar-refractivity contribution in [2.45, 2.75) is 69.9 Å². The fourth-order valence-electron chi connectivity index (χ4n) is 4.29. The quantitative estimate of drug-likeness (QED) is 0.812. The predicted octanol–water partition coefficient (Wildman–Crippen LogP) is 3.80. The van der Waals surface area contributed by atoms with Crippen LogP contribution in [0.2, 0.25) is 0 Å². The first-order valence-electron chi connectivity index (χ1n) is 10.1. The van der Waals surface area contributed by atoms with E-state index in [1.807, 2.05) is 4.90 Å². The Hall–Kier alpha value is -2.35. The molecule has 4 rings (SSSR count). The molecule has 1 fully saturated rings. The number of imidazole rings is 1. The number of benzene rings is 1. The minimum atomic E-state index is -4.35. The third kappa shape index (κ3) is 4.63. The summed E-state index contributed by atoms with van der Waals surface area (Å²) in [4.78, 5) is 22.5. The molecular weight excluding hydrogens is 381 g/mol. The number of carbonyl (C=O) groups excluding carboxylic acids is 1. The van der Waals surface area contributed by atoms with Gasteiger partial charge < -0.3 is 10.3 Å². The molecule has 5 nitrogen and oxygen atoms in total. The zero-order valence-corrected chi connectivity index (χ0v) is 16.1. The zero-order chi connectivity index (χ0) is 20.4. The van der Waals surface area contributed by atoms with Crippen LogP contribution in [0.5, 0.6) is 0 Å². The third-order valence-corrected chi connectivity index (χ3v) is 5.92. The number of nitrogens with zero attached hydrogens (tertiary/aromatic N) is 2. The monoisotopic (exact) mass is 406 g/mol. The van der Waals surface area contributed by atoms with Gasteiger partial charge in [-0.1, -0.05) is 31.4 Å². The number of alkyl halides is 3. The van der Waals surface area contributed by atoms with Crippen molar-refractivity contribution in [3.05, 3.63) is 53.1 Å². The summed E-state index contributed by atoms with van der Waals surface area (Å²) in [6, 6.07) is 5.00. The minimum Gasteiger partial charge on any atom is -0.352 e.